The second-order valence-corrected chi connectivity index (χ2v) is 9.91. The van der Waals surface area contributed by atoms with E-state index >= 15 is 0 Å². The molecule has 0 saturated heterocycles. The number of hydrogen-bond acceptors (Lipinski definition) is 2. The lowest BCUT2D eigenvalue weighted by molar-refractivity contribution is -0.120. The van der Waals surface area contributed by atoms with Crippen LogP contribution in [0.1, 0.15) is 91.0 Å². The molecule has 1 aliphatic carbocycles. The second kappa shape index (κ2) is 15.4. The summed E-state index contributed by atoms with van der Waals surface area (Å²) < 4.78 is 6.08. The molecule has 186 valence electrons. The van der Waals surface area contributed by atoms with Crippen LogP contribution < -0.4 is 10.1 Å². The minimum Gasteiger partial charge on any atom is -0.489 e. The van der Waals surface area contributed by atoms with E-state index in [1.807, 2.05) is 24.3 Å². The highest BCUT2D eigenvalue weighted by molar-refractivity contribution is 5.92. The van der Waals surface area contributed by atoms with Gasteiger partial charge in [-0.3, -0.25) is 4.79 Å². The van der Waals surface area contributed by atoms with Crippen LogP contribution in [0.4, 0.5) is 5.69 Å². The Bertz CT molecular complexity index is 881. The van der Waals surface area contributed by atoms with Gasteiger partial charge in [-0.1, -0.05) is 54.2 Å². The van der Waals surface area contributed by atoms with Crippen molar-refractivity contribution in [2.75, 3.05) is 11.9 Å². The number of allylic oxidation sites excluding steroid dienone is 6. The van der Waals surface area contributed by atoms with Crippen LogP contribution >= 0.6 is 0 Å². The van der Waals surface area contributed by atoms with Gasteiger partial charge in [0.05, 0.1) is 0 Å². The molecule has 0 spiro atoms. The van der Waals surface area contributed by atoms with Crippen LogP contribution in [0.25, 0.3) is 0 Å². The summed E-state index contributed by atoms with van der Waals surface area (Å²) in [7, 11) is 0. The largest absolute Gasteiger partial charge is 0.489 e. The van der Waals surface area contributed by atoms with E-state index in [0.717, 1.165) is 68.4 Å². The summed E-state index contributed by atoms with van der Waals surface area (Å²) in [6.07, 6.45) is 19.4. The maximum absolute atomic E-state index is 12.6. The van der Waals surface area contributed by atoms with Crippen molar-refractivity contribution in [1.82, 2.24) is 0 Å². The van der Waals surface area contributed by atoms with E-state index < -0.39 is 0 Å². The number of nitrogens with one attached hydrogen (secondary N) is 1. The zero-order valence-corrected chi connectivity index (χ0v) is 21.9. The number of ether oxygens (including phenoxy) is 1. The molecule has 2 rings (SSSR count). The minimum absolute atomic E-state index is 0.150. The summed E-state index contributed by atoms with van der Waals surface area (Å²) in [6.45, 7) is 13.1. The van der Waals surface area contributed by atoms with E-state index in [9.17, 15) is 4.79 Å². The number of benzene rings is 1. The van der Waals surface area contributed by atoms with Crippen molar-refractivity contribution in [3.05, 3.63) is 71.4 Å². The highest BCUT2D eigenvalue weighted by Gasteiger charge is 2.21. The molecule has 1 N–H and O–H groups in total. The molecule has 0 unspecified atom stereocenters. The van der Waals surface area contributed by atoms with Crippen LogP contribution in [-0.4, -0.2) is 12.5 Å². The maximum atomic E-state index is 12.6. The van der Waals surface area contributed by atoms with Gasteiger partial charge in [0.1, 0.15) is 12.4 Å². The molecular weight excluding hydrogens is 418 g/mol. The highest BCUT2D eigenvalue weighted by atomic mass is 16.5. The Morgan fingerprint density at radius 1 is 1.00 bits per heavy atom. The molecule has 1 amide bonds. The molecular formula is C31H45NO2. The lowest BCUT2D eigenvalue weighted by Gasteiger charge is -2.21. The zero-order valence-electron chi connectivity index (χ0n) is 21.9. The molecule has 0 aromatic heterocycles. The van der Waals surface area contributed by atoms with Crippen molar-refractivity contribution in [1.29, 1.82) is 0 Å². The summed E-state index contributed by atoms with van der Waals surface area (Å²) in [5.41, 5.74) is 6.10. The van der Waals surface area contributed by atoms with Gasteiger partial charge in [0, 0.05) is 11.6 Å². The van der Waals surface area contributed by atoms with Crippen molar-refractivity contribution < 1.29 is 9.53 Å². The first kappa shape index (κ1) is 27.7. The Morgan fingerprint density at radius 3 is 2.35 bits per heavy atom. The molecule has 0 aliphatic heterocycles. The zero-order chi connectivity index (χ0) is 24.8. The fourth-order valence-electron chi connectivity index (χ4n) is 4.33. The standard InChI is InChI=1S/C31H45NO2/c1-6-12-28-23-29(32-31(33)27-17-8-7-9-18-27)19-20-30(28)34-22-21-26(5)16-11-15-25(4)14-10-13-24(2)3/h6,13,15,19-21,23,27H,1,7-12,14,16-18,22H2,2-5H3,(H,32,33)/b25-15+,26-21+. The first-order chi connectivity index (χ1) is 16.4. The van der Waals surface area contributed by atoms with Gasteiger partial charge < -0.3 is 10.1 Å². The van der Waals surface area contributed by atoms with E-state index in [0.29, 0.717) is 13.0 Å². The smallest absolute Gasteiger partial charge is 0.227 e. The van der Waals surface area contributed by atoms with E-state index in [-0.39, 0.29) is 11.8 Å². The highest BCUT2D eigenvalue weighted by Crippen LogP contribution is 2.27. The van der Waals surface area contributed by atoms with E-state index in [1.165, 1.54) is 23.1 Å². The van der Waals surface area contributed by atoms with Crippen LogP contribution in [-0.2, 0) is 11.2 Å². The van der Waals surface area contributed by atoms with Gasteiger partial charge >= 0.3 is 0 Å². The topological polar surface area (TPSA) is 38.3 Å². The predicted octanol–water partition coefficient (Wildman–Crippen LogP) is 8.73. The Labute approximate surface area is 208 Å². The molecule has 3 heteroatoms. The minimum atomic E-state index is 0.150. The molecule has 1 fully saturated rings. The summed E-state index contributed by atoms with van der Waals surface area (Å²) in [5.74, 6) is 1.16. The van der Waals surface area contributed by atoms with Crippen LogP contribution in [0.5, 0.6) is 5.75 Å². The quantitative estimate of drug-likeness (QED) is 0.297. The number of anilines is 1. The molecule has 1 aliphatic rings. The molecule has 0 radical (unpaired) electrons. The second-order valence-electron chi connectivity index (χ2n) is 9.91. The molecule has 1 aromatic carbocycles. The molecule has 0 heterocycles. The number of carbonyl (C=O) groups excluding carboxylic acids is 1. The number of carbonyl (C=O) groups is 1. The summed E-state index contributed by atoms with van der Waals surface area (Å²) in [4.78, 5) is 12.6. The van der Waals surface area contributed by atoms with Crippen LogP contribution in [0.2, 0.25) is 0 Å². The SMILES string of the molecule is C=CCc1cc(NC(=O)C2CCCCC2)ccc1OC/C=C(\C)CC/C=C(\C)CCC=C(C)C. The van der Waals surface area contributed by atoms with Gasteiger partial charge in [0.25, 0.3) is 0 Å². The van der Waals surface area contributed by atoms with Crippen molar-refractivity contribution in [3.8, 4) is 5.75 Å². The Kier molecular flexibility index (Phi) is 12.5. The number of amides is 1. The van der Waals surface area contributed by atoms with Crippen LogP contribution in [0.3, 0.4) is 0 Å². The van der Waals surface area contributed by atoms with Gasteiger partial charge in [0.2, 0.25) is 5.91 Å². The molecule has 1 aromatic rings. The summed E-state index contributed by atoms with van der Waals surface area (Å²) >= 11 is 0. The van der Waals surface area contributed by atoms with Crippen molar-refractivity contribution in [2.45, 2.75) is 91.9 Å². The van der Waals surface area contributed by atoms with Gasteiger partial charge in [-0.05, 0) is 102 Å². The Morgan fingerprint density at radius 2 is 1.68 bits per heavy atom. The molecule has 1 saturated carbocycles. The average Bonchev–Trinajstić information content (AvgIpc) is 2.81. The Hall–Kier alpha value is -2.55. The van der Waals surface area contributed by atoms with E-state index in [1.54, 1.807) is 0 Å². The summed E-state index contributed by atoms with van der Waals surface area (Å²) in [6, 6.07) is 5.94. The lowest BCUT2D eigenvalue weighted by Crippen LogP contribution is -2.24. The Balaban J connectivity index is 1.85. The van der Waals surface area contributed by atoms with E-state index in [2.05, 4.69) is 57.8 Å². The molecule has 0 atom stereocenters. The normalized spacial score (nSPS) is 15.1. The van der Waals surface area contributed by atoms with Crippen molar-refractivity contribution in [2.24, 2.45) is 5.92 Å². The molecule has 0 bridgehead atoms. The van der Waals surface area contributed by atoms with Crippen molar-refractivity contribution in [3.63, 3.8) is 0 Å². The van der Waals surface area contributed by atoms with Gasteiger partial charge in [-0.15, -0.1) is 6.58 Å². The average molecular weight is 464 g/mol. The third-order valence-corrected chi connectivity index (χ3v) is 6.46. The number of rotatable bonds is 13. The molecule has 3 nitrogen and oxygen atoms in total. The van der Waals surface area contributed by atoms with Crippen LogP contribution in [0.15, 0.2) is 65.8 Å². The molecule has 34 heavy (non-hydrogen) atoms. The third kappa shape index (κ3) is 10.6. The third-order valence-electron chi connectivity index (χ3n) is 6.46. The fourth-order valence-corrected chi connectivity index (χ4v) is 4.33. The monoisotopic (exact) mass is 463 g/mol. The van der Waals surface area contributed by atoms with Crippen LogP contribution in [0, 0.1) is 5.92 Å². The fraction of sp³-hybridized carbons (Fsp3) is 0.516. The first-order valence-corrected chi connectivity index (χ1v) is 13.0. The first-order valence-electron chi connectivity index (χ1n) is 13.0. The number of hydrogen-bond donors (Lipinski definition) is 1. The van der Waals surface area contributed by atoms with Crippen molar-refractivity contribution >= 4 is 11.6 Å². The van der Waals surface area contributed by atoms with Gasteiger partial charge in [-0.2, -0.15) is 0 Å². The maximum Gasteiger partial charge on any atom is 0.227 e. The summed E-state index contributed by atoms with van der Waals surface area (Å²) in [5, 5.41) is 3.11. The van der Waals surface area contributed by atoms with Gasteiger partial charge in [0.15, 0.2) is 0 Å². The predicted molar refractivity (Wildman–Crippen MR) is 146 cm³/mol. The van der Waals surface area contributed by atoms with Gasteiger partial charge in [-0.25, -0.2) is 0 Å². The van der Waals surface area contributed by atoms with E-state index in [4.69, 9.17) is 4.74 Å². The lowest BCUT2D eigenvalue weighted by atomic mass is 9.88.